The second kappa shape index (κ2) is 5.44. The van der Waals surface area contributed by atoms with Crippen molar-refractivity contribution in [1.82, 2.24) is 14.8 Å². The fourth-order valence-electron chi connectivity index (χ4n) is 2.30. The average molecular weight is 293 g/mol. The van der Waals surface area contributed by atoms with E-state index in [9.17, 15) is 0 Å². The summed E-state index contributed by atoms with van der Waals surface area (Å²) in [7, 11) is 0. The fraction of sp³-hybridized carbons (Fsp3) is 0.571. The fourth-order valence-corrected chi connectivity index (χ4v) is 3.23. The summed E-state index contributed by atoms with van der Waals surface area (Å²) in [4.78, 5) is 5.73. The van der Waals surface area contributed by atoms with Gasteiger partial charge in [0.1, 0.15) is 5.82 Å². The molecule has 2 aromatic heterocycles. The van der Waals surface area contributed by atoms with Gasteiger partial charge in [-0.3, -0.25) is 0 Å². The molecule has 0 aliphatic carbocycles. The van der Waals surface area contributed by atoms with Gasteiger partial charge in [-0.2, -0.15) is 5.10 Å². The summed E-state index contributed by atoms with van der Waals surface area (Å²) in [6, 6.07) is 0.432. The molecule has 0 spiro atoms. The Bertz CT molecular complexity index is 611. The van der Waals surface area contributed by atoms with Gasteiger partial charge in [-0.05, 0) is 41.5 Å². The summed E-state index contributed by atoms with van der Waals surface area (Å²) in [5.41, 5.74) is 8.83. The Morgan fingerprint density at radius 3 is 2.30 bits per heavy atom. The van der Waals surface area contributed by atoms with Gasteiger partial charge in [-0.1, -0.05) is 0 Å². The van der Waals surface area contributed by atoms with Gasteiger partial charge in [0.25, 0.3) is 0 Å². The Balaban J connectivity index is 2.32. The lowest BCUT2D eigenvalue weighted by Gasteiger charge is -2.18. The topological polar surface area (TPSA) is 68.8 Å². The molecule has 2 aromatic rings. The molecular formula is C14H23N5S. The van der Waals surface area contributed by atoms with Gasteiger partial charge in [0.15, 0.2) is 0 Å². The summed E-state index contributed by atoms with van der Waals surface area (Å²) in [6.45, 7) is 12.3. The van der Waals surface area contributed by atoms with E-state index in [4.69, 9.17) is 5.73 Å². The van der Waals surface area contributed by atoms with Crippen LogP contribution in [-0.4, -0.2) is 14.8 Å². The maximum absolute atomic E-state index is 6.15. The van der Waals surface area contributed by atoms with Crippen molar-refractivity contribution in [3.05, 3.63) is 21.3 Å². The van der Waals surface area contributed by atoms with Gasteiger partial charge in [0.2, 0.25) is 0 Å². The second-order valence-corrected chi connectivity index (χ2v) is 6.67. The third-order valence-electron chi connectivity index (χ3n) is 3.31. The van der Waals surface area contributed by atoms with Gasteiger partial charge in [0, 0.05) is 10.9 Å². The SMILES string of the molecule is Cc1nc(C)c(C(C)Nc2c(N)c(C)nn2C(C)C)s1. The molecule has 0 saturated heterocycles. The van der Waals surface area contributed by atoms with Crippen LogP contribution in [0.4, 0.5) is 11.5 Å². The highest BCUT2D eigenvalue weighted by molar-refractivity contribution is 7.11. The van der Waals surface area contributed by atoms with E-state index < -0.39 is 0 Å². The maximum atomic E-state index is 6.15. The Morgan fingerprint density at radius 2 is 1.80 bits per heavy atom. The van der Waals surface area contributed by atoms with Crippen molar-refractivity contribution in [1.29, 1.82) is 0 Å². The predicted molar refractivity (Wildman–Crippen MR) is 85.4 cm³/mol. The first-order valence-electron chi connectivity index (χ1n) is 6.86. The van der Waals surface area contributed by atoms with Crippen LogP contribution in [0, 0.1) is 20.8 Å². The number of nitrogens with zero attached hydrogens (tertiary/aromatic N) is 3. The van der Waals surface area contributed by atoms with Gasteiger partial charge in [0.05, 0.1) is 28.1 Å². The summed E-state index contributed by atoms with van der Waals surface area (Å²) in [6.07, 6.45) is 0. The number of aryl methyl sites for hydroxylation is 3. The normalized spacial score (nSPS) is 12.9. The number of nitrogens with one attached hydrogen (secondary N) is 1. The lowest BCUT2D eigenvalue weighted by molar-refractivity contribution is 0.532. The molecule has 6 heteroatoms. The van der Waals surface area contributed by atoms with Crippen LogP contribution in [-0.2, 0) is 0 Å². The molecule has 0 aliphatic heterocycles. The largest absolute Gasteiger partial charge is 0.394 e. The van der Waals surface area contributed by atoms with Crippen LogP contribution in [0.25, 0.3) is 0 Å². The zero-order chi connectivity index (χ0) is 15.0. The lowest BCUT2D eigenvalue weighted by Crippen LogP contribution is -2.14. The Morgan fingerprint density at radius 1 is 1.15 bits per heavy atom. The molecule has 0 radical (unpaired) electrons. The zero-order valence-electron chi connectivity index (χ0n) is 13.0. The summed E-state index contributed by atoms with van der Waals surface area (Å²) < 4.78 is 1.95. The third-order valence-corrected chi connectivity index (χ3v) is 4.56. The maximum Gasteiger partial charge on any atom is 0.148 e. The van der Waals surface area contributed by atoms with Crippen LogP contribution in [0.15, 0.2) is 0 Å². The van der Waals surface area contributed by atoms with Crippen molar-refractivity contribution >= 4 is 22.8 Å². The van der Waals surface area contributed by atoms with E-state index in [0.29, 0.717) is 0 Å². The highest BCUT2D eigenvalue weighted by atomic mass is 32.1. The minimum absolute atomic E-state index is 0.164. The van der Waals surface area contributed by atoms with E-state index in [0.717, 1.165) is 27.9 Å². The van der Waals surface area contributed by atoms with E-state index in [1.165, 1.54) is 4.88 Å². The zero-order valence-corrected chi connectivity index (χ0v) is 13.8. The number of anilines is 2. The molecule has 1 atom stereocenters. The molecule has 3 N–H and O–H groups in total. The Labute approximate surface area is 124 Å². The highest BCUT2D eigenvalue weighted by Crippen LogP contribution is 2.32. The number of aromatic nitrogens is 3. The summed E-state index contributed by atoms with van der Waals surface area (Å²) >= 11 is 1.72. The van der Waals surface area contributed by atoms with Gasteiger partial charge in [-0.15, -0.1) is 11.3 Å². The molecule has 2 rings (SSSR count). The van der Waals surface area contributed by atoms with Crippen molar-refractivity contribution in [3.8, 4) is 0 Å². The smallest absolute Gasteiger partial charge is 0.148 e. The average Bonchev–Trinajstić information content (AvgIpc) is 2.83. The van der Waals surface area contributed by atoms with Gasteiger partial charge < -0.3 is 11.1 Å². The number of rotatable bonds is 4. The van der Waals surface area contributed by atoms with Crippen LogP contribution < -0.4 is 11.1 Å². The van der Waals surface area contributed by atoms with Crippen molar-refractivity contribution in [2.24, 2.45) is 0 Å². The van der Waals surface area contributed by atoms with Crippen LogP contribution in [0.3, 0.4) is 0 Å². The quantitative estimate of drug-likeness (QED) is 0.903. The Kier molecular flexibility index (Phi) is 4.04. The van der Waals surface area contributed by atoms with Crippen LogP contribution in [0.5, 0.6) is 0 Å². The molecule has 0 fully saturated rings. The van der Waals surface area contributed by atoms with Gasteiger partial charge >= 0.3 is 0 Å². The van der Waals surface area contributed by atoms with Crippen molar-refractivity contribution in [2.45, 2.75) is 53.6 Å². The van der Waals surface area contributed by atoms with E-state index in [-0.39, 0.29) is 12.1 Å². The first-order chi connectivity index (χ1) is 9.31. The molecule has 110 valence electrons. The summed E-state index contributed by atoms with van der Waals surface area (Å²) in [5.74, 6) is 0.899. The molecule has 0 aliphatic rings. The number of nitrogens with two attached hydrogens (primary N) is 1. The predicted octanol–water partition coefficient (Wildman–Crippen LogP) is 3.60. The number of thiazole rings is 1. The number of nitrogen functional groups attached to an aromatic ring is 1. The van der Waals surface area contributed by atoms with Crippen LogP contribution in [0.2, 0.25) is 0 Å². The van der Waals surface area contributed by atoms with Crippen molar-refractivity contribution < 1.29 is 0 Å². The highest BCUT2D eigenvalue weighted by Gasteiger charge is 2.19. The standard InChI is InChI=1S/C14H23N5S/c1-7(2)19-14(12(15)8(3)18-19)17-10(5)13-9(4)16-11(6)20-13/h7,10,17H,15H2,1-6H3. The van der Waals surface area contributed by atoms with Crippen molar-refractivity contribution in [3.63, 3.8) is 0 Å². The van der Waals surface area contributed by atoms with Gasteiger partial charge in [-0.25, -0.2) is 9.67 Å². The van der Waals surface area contributed by atoms with Crippen molar-refractivity contribution in [2.75, 3.05) is 11.1 Å². The minimum Gasteiger partial charge on any atom is -0.394 e. The second-order valence-electron chi connectivity index (χ2n) is 5.43. The molecular weight excluding hydrogens is 270 g/mol. The molecule has 0 bridgehead atoms. The lowest BCUT2D eigenvalue weighted by atomic mass is 10.2. The Hall–Kier alpha value is -1.56. The van der Waals surface area contributed by atoms with E-state index >= 15 is 0 Å². The van der Waals surface area contributed by atoms with E-state index in [2.05, 4.69) is 36.2 Å². The first kappa shape index (κ1) is 14.8. The van der Waals surface area contributed by atoms with E-state index in [1.807, 2.05) is 25.5 Å². The third kappa shape index (κ3) is 2.65. The number of hydrogen-bond donors (Lipinski definition) is 2. The molecule has 2 heterocycles. The van der Waals surface area contributed by atoms with Crippen LogP contribution >= 0.6 is 11.3 Å². The van der Waals surface area contributed by atoms with E-state index in [1.54, 1.807) is 11.3 Å². The molecule has 0 amide bonds. The number of hydrogen-bond acceptors (Lipinski definition) is 5. The molecule has 0 aromatic carbocycles. The molecule has 5 nitrogen and oxygen atoms in total. The minimum atomic E-state index is 0.164. The molecule has 1 unspecified atom stereocenters. The monoisotopic (exact) mass is 293 g/mol. The summed E-state index contributed by atoms with van der Waals surface area (Å²) in [5, 5.41) is 9.09. The molecule has 20 heavy (non-hydrogen) atoms. The molecule has 0 saturated carbocycles. The first-order valence-corrected chi connectivity index (χ1v) is 7.68. The van der Waals surface area contributed by atoms with Crippen LogP contribution in [0.1, 0.15) is 54.1 Å².